The molecule has 5 heteroatoms. The lowest BCUT2D eigenvalue weighted by molar-refractivity contribution is 0.0687. The molecule has 1 aromatic heterocycles. The van der Waals surface area contributed by atoms with E-state index in [1.165, 1.54) is 5.56 Å². The number of hydrogen-bond donors (Lipinski definition) is 1. The molecule has 1 saturated heterocycles. The molecule has 0 bridgehead atoms. The number of nitrogens with one attached hydrogen (secondary N) is 1. The van der Waals surface area contributed by atoms with E-state index in [1.54, 1.807) is 11.3 Å². The monoisotopic (exact) mass is 357 g/mol. The van der Waals surface area contributed by atoms with E-state index in [-0.39, 0.29) is 5.91 Å². The van der Waals surface area contributed by atoms with Gasteiger partial charge in [0.1, 0.15) is 10.7 Å². The van der Waals surface area contributed by atoms with Gasteiger partial charge in [-0.1, -0.05) is 45.0 Å². The van der Waals surface area contributed by atoms with E-state index in [9.17, 15) is 4.79 Å². The lowest BCUT2D eigenvalue weighted by atomic mass is 10.0. The van der Waals surface area contributed by atoms with E-state index in [2.05, 4.69) is 55.3 Å². The standard InChI is InChI=1S/C20H27N3OS/c1-4-11-23(17-9-10-21-12-17)20(24)18-13-25-19(22-18)16-7-5-15(6-8-16)14(2)3/h5-8,13-14,17,21H,4,9-12H2,1-3H3. The first-order chi connectivity index (χ1) is 12.1. The summed E-state index contributed by atoms with van der Waals surface area (Å²) < 4.78 is 0. The van der Waals surface area contributed by atoms with Gasteiger partial charge < -0.3 is 10.2 Å². The number of hydrogen-bond acceptors (Lipinski definition) is 4. The molecule has 1 unspecified atom stereocenters. The molecule has 2 aromatic rings. The smallest absolute Gasteiger partial charge is 0.273 e. The fraction of sp³-hybridized carbons (Fsp3) is 0.500. The average Bonchev–Trinajstić information content (AvgIpc) is 3.31. The fourth-order valence-electron chi connectivity index (χ4n) is 3.26. The molecular formula is C20H27N3OS. The molecule has 2 heterocycles. The van der Waals surface area contributed by atoms with Crippen molar-refractivity contribution in [2.45, 2.75) is 45.6 Å². The van der Waals surface area contributed by atoms with Crippen LogP contribution in [0.4, 0.5) is 0 Å². The van der Waals surface area contributed by atoms with Crippen molar-refractivity contribution < 1.29 is 4.79 Å². The van der Waals surface area contributed by atoms with E-state index in [0.717, 1.165) is 43.0 Å². The molecule has 134 valence electrons. The summed E-state index contributed by atoms with van der Waals surface area (Å²) >= 11 is 1.55. The number of nitrogens with zero attached hydrogens (tertiary/aromatic N) is 2. The van der Waals surface area contributed by atoms with Gasteiger partial charge in [-0.25, -0.2) is 4.98 Å². The van der Waals surface area contributed by atoms with Crippen molar-refractivity contribution in [3.8, 4) is 10.6 Å². The minimum atomic E-state index is 0.0665. The molecule has 0 spiro atoms. The molecule has 0 radical (unpaired) electrons. The molecule has 1 N–H and O–H groups in total. The Kier molecular flexibility index (Phi) is 5.86. The third-order valence-corrected chi connectivity index (χ3v) is 5.64. The van der Waals surface area contributed by atoms with Crippen LogP contribution >= 0.6 is 11.3 Å². The molecule has 4 nitrogen and oxygen atoms in total. The highest BCUT2D eigenvalue weighted by Gasteiger charge is 2.28. The summed E-state index contributed by atoms with van der Waals surface area (Å²) in [5.74, 6) is 0.585. The summed E-state index contributed by atoms with van der Waals surface area (Å²) in [6.45, 7) is 9.17. The summed E-state index contributed by atoms with van der Waals surface area (Å²) in [6, 6.07) is 8.80. The molecule has 1 amide bonds. The van der Waals surface area contributed by atoms with Gasteiger partial charge >= 0.3 is 0 Å². The topological polar surface area (TPSA) is 45.2 Å². The molecule has 0 saturated carbocycles. The predicted octanol–water partition coefficient (Wildman–Crippen LogP) is 4.15. The molecule has 3 rings (SSSR count). The number of carbonyl (C=O) groups is 1. The van der Waals surface area contributed by atoms with Gasteiger partial charge in [0.25, 0.3) is 5.91 Å². The van der Waals surface area contributed by atoms with Crippen molar-refractivity contribution in [3.05, 3.63) is 40.9 Å². The van der Waals surface area contributed by atoms with Crippen LogP contribution in [0.25, 0.3) is 10.6 Å². The van der Waals surface area contributed by atoms with E-state index < -0.39 is 0 Å². The second-order valence-electron chi connectivity index (χ2n) is 6.96. The molecule has 0 aliphatic carbocycles. The van der Waals surface area contributed by atoms with Crippen LogP contribution in [0.2, 0.25) is 0 Å². The Morgan fingerprint density at radius 2 is 2.12 bits per heavy atom. The van der Waals surface area contributed by atoms with Crippen LogP contribution in [-0.4, -0.2) is 41.5 Å². The van der Waals surface area contributed by atoms with Crippen molar-refractivity contribution >= 4 is 17.2 Å². The van der Waals surface area contributed by atoms with E-state index in [1.807, 2.05) is 10.3 Å². The van der Waals surface area contributed by atoms with Gasteiger partial charge in [0.05, 0.1) is 0 Å². The summed E-state index contributed by atoms with van der Waals surface area (Å²) in [7, 11) is 0. The maximum Gasteiger partial charge on any atom is 0.273 e. The van der Waals surface area contributed by atoms with Crippen LogP contribution < -0.4 is 5.32 Å². The number of thiazole rings is 1. The molecule has 1 atom stereocenters. The van der Waals surface area contributed by atoms with Crippen LogP contribution in [0.3, 0.4) is 0 Å². The van der Waals surface area contributed by atoms with Gasteiger partial charge in [0, 0.05) is 30.1 Å². The van der Waals surface area contributed by atoms with Gasteiger partial charge in [-0.05, 0) is 30.9 Å². The normalized spacial score (nSPS) is 17.2. The van der Waals surface area contributed by atoms with Gasteiger partial charge in [-0.3, -0.25) is 4.79 Å². The molecular weight excluding hydrogens is 330 g/mol. The second-order valence-corrected chi connectivity index (χ2v) is 7.82. The Morgan fingerprint density at radius 3 is 2.72 bits per heavy atom. The lowest BCUT2D eigenvalue weighted by Gasteiger charge is -2.27. The lowest BCUT2D eigenvalue weighted by Crippen LogP contribution is -2.42. The summed E-state index contributed by atoms with van der Waals surface area (Å²) in [6.07, 6.45) is 2.00. The van der Waals surface area contributed by atoms with Gasteiger partial charge in [-0.2, -0.15) is 0 Å². The average molecular weight is 358 g/mol. The minimum absolute atomic E-state index is 0.0665. The fourth-order valence-corrected chi connectivity index (χ4v) is 4.06. The summed E-state index contributed by atoms with van der Waals surface area (Å²) in [5, 5.41) is 6.17. The van der Waals surface area contributed by atoms with E-state index >= 15 is 0 Å². The van der Waals surface area contributed by atoms with Crippen molar-refractivity contribution in [1.29, 1.82) is 0 Å². The number of aromatic nitrogens is 1. The Balaban J connectivity index is 1.78. The van der Waals surface area contributed by atoms with Gasteiger partial charge in [0.15, 0.2) is 0 Å². The molecule has 1 aliphatic heterocycles. The minimum Gasteiger partial charge on any atom is -0.333 e. The number of carbonyl (C=O) groups excluding carboxylic acids is 1. The van der Waals surface area contributed by atoms with E-state index in [0.29, 0.717) is 17.7 Å². The zero-order chi connectivity index (χ0) is 17.8. The van der Waals surface area contributed by atoms with Gasteiger partial charge in [-0.15, -0.1) is 11.3 Å². The maximum absolute atomic E-state index is 13.0. The highest BCUT2D eigenvalue weighted by atomic mass is 32.1. The van der Waals surface area contributed by atoms with Gasteiger partial charge in [0.2, 0.25) is 0 Å². The molecule has 1 aliphatic rings. The zero-order valence-corrected chi connectivity index (χ0v) is 16.1. The van der Waals surface area contributed by atoms with Crippen LogP contribution in [0.5, 0.6) is 0 Å². The molecule has 25 heavy (non-hydrogen) atoms. The van der Waals surface area contributed by atoms with Crippen molar-refractivity contribution in [3.63, 3.8) is 0 Å². The quantitative estimate of drug-likeness (QED) is 0.845. The Morgan fingerprint density at radius 1 is 1.36 bits per heavy atom. The maximum atomic E-state index is 13.0. The number of benzene rings is 1. The first-order valence-electron chi connectivity index (χ1n) is 9.17. The highest BCUT2D eigenvalue weighted by molar-refractivity contribution is 7.13. The largest absolute Gasteiger partial charge is 0.333 e. The number of amides is 1. The zero-order valence-electron chi connectivity index (χ0n) is 15.3. The third kappa shape index (κ3) is 4.10. The van der Waals surface area contributed by atoms with Crippen LogP contribution in [0, 0.1) is 0 Å². The Labute approximate surface area is 154 Å². The predicted molar refractivity (Wildman–Crippen MR) is 104 cm³/mol. The molecule has 1 fully saturated rings. The van der Waals surface area contributed by atoms with Crippen LogP contribution in [-0.2, 0) is 0 Å². The van der Waals surface area contributed by atoms with Crippen molar-refractivity contribution in [2.75, 3.05) is 19.6 Å². The third-order valence-electron chi connectivity index (χ3n) is 4.75. The Bertz CT molecular complexity index is 702. The first-order valence-corrected chi connectivity index (χ1v) is 10.1. The second kappa shape index (κ2) is 8.11. The van der Waals surface area contributed by atoms with Crippen LogP contribution in [0.15, 0.2) is 29.6 Å². The van der Waals surface area contributed by atoms with Crippen molar-refractivity contribution in [2.24, 2.45) is 0 Å². The Hall–Kier alpha value is -1.72. The first kappa shape index (κ1) is 18.1. The summed E-state index contributed by atoms with van der Waals surface area (Å²) in [5.41, 5.74) is 2.98. The molecule has 1 aromatic carbocycles. The van der Waals surface area contributed by atoms with Crippen molar-refractivity contribution in [1.82, 2.24) is 15.2 Å². The SMILES string of the molecule is CCCN(C(=O)c1csc(-c2ccc(C(C)C)cc2)n1)C1CCNC1. The highest BCUT2D eigenvalue weighted by Crippen LogP contribution is 2.26. The van der Waals surface area contributed by atoms with Crippen LogP contribution in [0.1, 0.15) is 55.6 Å². The number of rotatable bonds is 6. The van der Waals surface area contributed by atoms with E-state index in [4.69, 9.17) is 0 Å². The summed E-state index contributed by atoms with van der Waals surface area (Å²) in [4.78, 5) is 19.6.